The Kier molecular flexibility index (Phi) is 10.4. The van der Waals surface area contributed by atoms with Crippen LogP contribution in [-0.2, 0) is 13.3 Å². The van der Waals surface area contributed by atoms with Crippen LogP contribution in [0.1, 0.15) is 64.9 Å². The maximum absolute atomic E-state index is 6.32. The smallest absolute Gasteiger partial charge is 0.370 e. The molecule has 0 unspecified atom stereocenters. The highest BCUT2D eigenvalue weighted by molar-refractivity contribution is 6.75. The predicted octanol–water partition coefficient (Wildman–Crippen LogP) is 4.59. The molecule has 1 aromatic carbocycles. The summed E-state index contributed by atoms with van der Waals surface area (Å²) in [6.45, 7) is 10.8. The largest absolute Gasteiger partial charge is 0.537 e. The first-order chi connectivity index (χ1) is 11.2. The Hall–Kier alpha value is -0.683. The fourth-order valence-corrected chi connectivity index (χ4v) is 5.15. The first-order valence-corrected chi connectivity index (χ1v) is 10.9. The summed E-state index contributed by atoms with van der Waals surface area (Å²) in [4.78, 5) is 0. The molecule has 4 heteroatoms. The quantitative estimate of drug-likeness (QED) is 0.389. The van der Waals surface area contributed by atoms with Gasteiger partial charge in [-0.1, -0.05) is 64.3 Å². The molecule has 0 fully saturated rings. The third-order valence-electron chi connectivity index (χ3n) is 3.84. The average Bonchev–Trinajstić information content (AvgIpc) is 2.55. The number of unbranched alkanes of at least 4 members (excludes halogenated alkanes) is 3. The molecule has 0 heterocycles. The molecular weight excluding hydrogens is 304 g/mol. The molecule has 23 heavy (non-hydrogen) atoms. The van der Waals surface area contributed by atoms with E-state index in [1.54, 1.807) is 0 Å². The highest BCUT2D eigenvalue weighted by atomic mass is 28.4. The maximum Gasteiger partial charge on any atom is 0.537 e. The van der Waals surface area contributed by atoms with Crippen LogP contribution in [0, 0.1) is 6.92 Å². The summed E-state index contributed by atoms with van der Waals surface area (Å²) in [7, 11) is -2.83. The molecule has 132 valence electrons. The summed E-state index contributed by atoms with van der Waals surface area (Å²) in [5.74, 6) is 0. The molecule has 0 atom stereocenters. The minimum Gasteiger partial charge on any atom is -0.370 e. The first-order valence-electron chi connectivity index (χ1n) is 9.18. The van der Waals surface area contributed by atoms with Crippen molar-refractivity contribution < 1.29 is 13.3 Å². The van der Waals surface area contributed by atoms with Crippen molar-refractivity contribution in [3.63, 3.8) is 0 Å². The van der Waals surface area contributed by atoms with E-state index in [-0.39, 0.29) is 0 Å². The van der Waals surface area contributed by atoms with E-state index in [2.05, 4.69) is 52.0 Å². The third-order valence-corrected chi connectivity index (χ3v) is 6.82. The summed E-state index contributed by atoms with van der Waals surface area (Å²) in [6.07, 6.45) is 6.45. The lowest BCUT2D eigenvalue weighted by molar-refractivity contribution is 0.0699. The first kappa shape index (κ1) is 20.4. The van der Waals surface area contributed by atoms with Crippen LogP contribution in [0.3, 0.4) is 0 Å². The van der Waals surface area contributed by atoms with Gasteiger partial charge in [0.2, 0.25) is 0 Å². The van der Waals surface area contributed by atoms with Crippen molar-refractivity contribution in [1.29, 1.82) is 0 Å². The van der Waals surface area contributed by atoms with E-state index >= 15 is 0 Å². The van der Waals surface area contributed by atoms with Crippen molar-refractivity contribution in [3.05, 3.63) is 29.8 Å². The second-order valence-electron chi connectivity index (χ2n) is 5.98. The zero-order chi connectivity index (χ0) is 17.0. The van der Waals surface area contributed by atoms with Gasteiger partial charge in [-0.05, 0) is 31.7 Å². The molecule has 1 aromatic rings. The molecule has 0 aromatic heterocycles. The highest BCUT2D eigenvalue weighted by Gasteiger charge is 2.44. The van der Waals surface area contributed by atoms with Gasteiger partial charge >= 0.3 is 8.80 Å². The van der Waals surface area contributed by atoms with Crippen LogP contribution < -0.4 is 5.19 Å². The topological polar surface area (TPSA) is 27.7 Å². The van der Waals surface area contributed by atoms with Gasteiger partial charge in [-0.2, -0.15) is 0 Å². The Morgan fingerprint density at radius 1 is 0.739 bits per heavy atom. The summed E-state index contributed by atoms with van der Waals surface area (Å²) < 4.78 is 19.0. The second-order valence-corrected chi connectivity index (χ2v) is 8.49. The molecule has 0 bridgehead atoms. The number of hydrogen-bond donors (Lipinski definition) is 0. The number of aryl methyl sites for hydroxylation is 1. The van der Waals surface area contributed by atoms with E-state index in [0.717, 1.165) is 43.7 Å². The van der Waals surface area contributed by atoms with Crippen LogP contribution in [0.15, 0.2) is 24.3 Å². The maximum atomic E-state index is 6.32. The normalized spacial score (nSPS) is 11.8. The van der Waals surface area contributed by atoms with Crippen LogP contribution in [0.2, 0.25) is 0 Å². The van der Waals surface area contributed by atoms with E-state index in [0.29, 0.717) is 19.8 Å². The van der Waals surface area contributed by atoms with Gasteiger partial charge in [-0.25, -0.2) is 0 Å². The van der Waals surface area contributed by atoms with Gasteiger partial charge in [-0.3, -0.25) is 0 Å². The highest BCUT2D eigenvalue weighted by Crippen LogP contribution is 2.16. The van der Waals surface area contributed by atoms with E-state index in [9.17, 15) is 0 Å². The predicted molar refractivity (Wildman–Crippen MR) is 99.1 cm³/mol. The lowest BCUT2D eigenvalue weighted by Crippen LogP contribution is -2.58. The molecule has 0 aliphatic heterocycles. The van der Waals surface area contributed by atoms with Gasteiger partial charge in [0.15, 0.2) is 0 Å². The monoisotopic (exact) mass is 338 g/mol. The van der Waals surface area contributed by atoms with Crippen LogP contribution in [-0.4, -0.2) is 28.6 Å². The van der Waals surface area contributed by atoms with E-state index < -0.39 is 8.80 Å². The van der Waals surface area contributed by atoms with Crippen molar-refractivity contribution in [2.24, 2.45) is 0 Å². The fraction of sp³-hybridized carbons (Fsp3) is 0.684. The molecule has 0 saturated carbocycles. The van der Waals surface area contributed by atoms with Gasteiger partial charge < -0.3 is 13.3 Å². The van der Waals surface area contributed by atoms with E-state index in [1.165, 1.54) is 5.56 Å². The molecular formula is C19H34O3Si. The van der Waals surface area contributed by atoms with Crippen LogP contribution >= 0.6 is 0 Å². The van der Waals surface area contributed by atoms with Gasteiger partial charge in [0.05, 0.1) is 0 Å². The van der Waals surface area contributed by atoms with Crippen LogP contribution in [0.25, 0.3) is 0 Å². The molecule has 0 saturated heterocycles. The summed E-state index contributed by atoms with van der Waals surface area (Å²) in [5, 5.41) is 1.13. The van der Waals surface area contributed by atoms with E-state index in [1.807, 2.05) is 0 Å². The number of benzene rings is 1. The number of rotatable bonds is 13. The van der Waals surface area contributed by atoms with Crippen molar-refractivity contribution in [2.75, 3.05) is 19.8 Å². The fourth-order valence-electron chi connectivity index (χ4n) is 2.33. The molecule has 0 aliphatic rings. The summed E-state index contributed by atoms with van der Waals surface area (Å²) in [5.41, 5.74) is 1.20. The molecule has 0 N–H and O–H groups in total. The van der Waals surface area contributed by atoms with Gasteiger partial charge in [0.1, 0.15) is 0 Å². The lowest BCUT2D eigenvalue weighted by Gasteiger charge is -2.31. The molecule has 0 aliphatic carbocycles. The van der Waals surface area contributed by atoms with Gasteiger partial charge in [-0.15, -0.1) is 0 Å². The number of hydrogen-bond acceptors (Lipinski definition) is 3. The third kappa shape index (κ3) is 6.75. The van der Waals surface area contributed by atoms with Gasteiger partial charge in [0, 0.05) is 25.0 Å². The Bertz CT molecular complexity index is 396. The average molecular weight is 339 g/mol. The lowest BCUT2D eigenvalue weighted by atomic mass is 10.2. The molecule has 0 radical (unpaired) electrons. The Morgan fingerprint density at radius 2 is 1.17 bits per heavy atom. The Balaban J connectivity index is 3.01. The minimum atomic E-state index is -2.83. The van der Waals surface area contributed by atoms with Crippen molar-refractivity contribution in [2.45, 2.75) is 66.2 Å². The summed E-state index contributed by atoms with van der Waals surface area (Å²) >= 11 is 0. The van der Waals surface area contributed by atoms with E-state index in [4.69, 9.17) is 13.3 Å². The molecule has 0 spiro atoms. The van der Waals surface area contributed by atoms with Gasteiger partial charge in [0.25, 0.3) is 0 Å². The minimum absolute atomic E-state index is 0.704. The zero-order valence-corrected chi connectivity index (χ0v) is 16.4. The molecule has 3 nitrogen and oxygen atoms in total. The van der Waals surface area contributed by atoms with Crippen molar-refractivity contribution >= 4 is 14.0 Å². The molecule has 0 amide bonds. The van der Waals surface area contributed by atoms with Crippen molar-refractivity contribution in [1.82, 2.24) is 0 Å². The Morgan fingerprint density at radius 3 is 1.57 bits per heavy atom. The van der Waals surface area contributed by atoms with Crippen molar-refractivity contribution in [3.8, 4) is 0 Å². The summed E-state index contributed by atoms with van der Waals surface area (Å²) in [6, 6.07) is 8.35. The second kappa shape index (κ2) is 11.8. The Labute approximate surface area is 143 Å². The SMILES string of the molecule is CCCCO[Si](OCCCC)(OCCCC)c1ccccc1C. The molecule has 1 rings (SSSR count). The standard InChI is InChI=1S/C19H34O3Si/c1-5-8-15-20-23(21-16-9-6-2,22-17-10-7-3)19-14-12-11-13-18(19)4/h11-14H,5-10,15-17H2,1-4H3. The zero-order valence-electron chi connectivity index (χ0n) is 15.4. The van der Waals surface area contributed by atoms with Crippen LogP contribution in [0.5, 0.6) is 0 Å². The van der Waals surface area contributed by atoms with Crippen LogP contribution in [0.4, 0.5) is 0 Å².